The van der Waals surface area contributed by atoms with Crippen LogP contribution in [0.15, 0.2) is 188 Å². The number of para-hydroxylation sites is 2. The minimum absolute atomic E-state index is 0.0871. The van der Waals surface area contributed by atoms with Crippen LogP contribution >= 0.6 is 0 Å². The van der Waals surface area contributed by atoms with Crippen molar-refractivity contribution >= 4 is 60.0 Å². The molecule has 3 aromatic heterocycles. The van der Waals surface area contributed by atoms with E-state index in [1.165, 1.54) is 60.3 Å². The molecular weight excluding hydrogens is 705 g/mol. The van der Waals surface area contributed by atoms with Crippen LogP contribution in [0.5, 0.6) is 0 Å². The van der Waals surface area contributed by atoms with Crippen molar-refractivity contribution in [3.63, 3.8) is 0 Å². The average molecular weight is 745 g/mol. The predicted octanol–water partition coefficient (Wildman–Crippen LogP) is 14.0. The number of benzene rings is 7. The summed E-state index contributed by atoms with van der Waals surface area (Å²) in [5.74, 6) is 0.649. The van der Waals surface area contributed by atoms with E-state index >= 15 is 0 Å². The Morgan fingerprint density at radius 1 is 0.586 bits per heavy atom. The Labute approximate surface area is 337 Å². The van der Waals surface area contributed by atoms with E-state index < -0.39 is 0 Å². The Morgan fingerprint density at radius 3 is 2.17 bits per heavy atom. The zero-order chi connectivity index (χ0) is 39.1. The van der Waals surface area contributed by atoms with Crippen molar-refractivity contribution < 1.29 is 0 Å². The van der Waals surface area contributed by atoms with Gasteiger partial charge in [0.1, 0.15) is 0 Å². The smallest absolute Gasteiger partial charge is 0.235 e. The van der Waals surface area contributed by atoms with Crippen molar-refractivity contribution in [1.82, 2.24) is 19.1 Å². The quantitative estimate of drug-likeness (QED) is 0.159. The monoisotopic (exact) mass is 744 g/mol. The Balaban J connectivity index is 1.08. The molecule has 1 aliphatic rings. The molecule has 58 heavy (non-hydrogen) atoms. The standard InChI is InChI=1S/C54H40N4/c1-5-6-16-40-34(2)54(3,4)47-32-39(27-28-43(40)47)57-30-29-38-31-46-44-18-10-12-22-49(44)58(51(46)33-50(38)57)53-55-48-21-11-9-19-45(48)52(56-53)37-25-23-36(24-26-37)42-20-13-15-35-14-7-8-17-41(35)42/h5-33H,1H2,2-4H3/b16-6-. The van der Waals surface area contributed by atoms with Crippen LogP contribution < -0.4 is 0 Å². The summed E-state index contributed by atoms with van der Waals surface area (Å²) in [5, 5.41) is 7.04. The van der Waals surface area contributed by atoms with Crippen molar-refractivity contribution in [2.45, 2.75) is 26.2 Å². The molecule has 4 heteroatoms. The first-order chi connectivity index (χ1) is 28.4. The number of nitrogens with zero attached hydrogens (tertiary/aromatic N) is 4. The summed E-state index contributed by atoms with van der Waals surface area (Å²) in [6, 6.07) is 54.7. The summed E-state index contributed by atoms with van der Waals surface area (Å²) in [4.78, 5) is 10.7. The molecule has 0 N–H and O–H groups in total. The molecule has 0 unspecified atom stereocenters. The molecule has 7 aromatic carbocycles. The maximum Gasteiger partial charge on any atom is 0.235 e. The highest BCUT2D eigenvalue weighted by Crippen LogP contribution is 2.47. The molecule has 0 saturated carbocycles. The molecule has 276 valence electrons. The van der Waals surface area contributed by atoms with Crippen molar-refractivity contribution in [3.05, 3.63) is 199 Å². The van der Waals surface area contributed by atoms with Gasteiger partial charge >= 0.3 is 0 Å². The Hall–Kier alpha value is -7.30. The van der Waals surface area contributed by atoms with E-state index in [0.29, 0.717) is 5.95 Å². The third-order valence-corrected chi connectivity index (χ3v) is 12.5. The molecule has 4 nitrogen and oxygen atoms in total. The van der Waals surface area contributed by atoms with E-state index in [9.17, 15) is 0 Å². The highest BCUT2D eigenvalue weighted by molar-refractivity contribution is 6.13. The summed E-state index contributed by atoms with van der Waals surface area (Å²) in [5.41, 5.74) is 14.9. The van der Waals surface area contributed by atoms with Crippen LogP contribution in [0.4, 0.5) is 0 Å². The van der Waals surface area contributed by atoms with E-state index in [1.54, 1.807) is 0 Å². The number of hydrogen-bond acceptors (Lipinski definition) is 2. The summed E-state index contributed by atoms with van der Waals surface area (Å²) in [7, 11) is 0. The van der Waals surface area contributed by atoms with Crippen LogP contribution in [0.25, 0.3) is 94.0 Å². The number of rotatable bonds is 6. The highest BCUT2D eigenvalue weighted by atomic mass is 15.2. The van der Waals surface area contributed by atoms with Gasteiger partial charge in [0.25, 0.3) is 0 Å². The summed E-state index contributed by atoms with van der Waals surface area (Å²) >= 11 is 0. The second-order valence-corrected chi connectivity index (χ2v) is 15.9. The van der Waals surface area contributed by atoms with Crippen LogP contribution in [0, 0.1) is 0 Å². The van der Waals surface area contributed by atoms with E-state index in [0.717, 1.165) is 44.4 Å². The molecule has 3 heterocycles. The van der Waals surface area contributed by atoms with Gasteiger partial charge in [-0.3, -0.25) is 4.57 Å². The second-order valence-electron chi connectivity index (χ2n) is 15.9. The normalized spacial score (nSPS) is 13.8. The van der Waals surface area contributed by atoms with Gasteiger partial charge < -0.3 is 4.57 Å². The Bertz CT molecular complexity index is 3380. The molecule has 0 amide bonds. The van der Waals surface area contributed by atoms with Gasteiger partial charge in [0.15, 0.2) is 0 Å². The number of fused-ring (bicyclic) bond motifs is 7. The highest BCUT2D eigenvalue weighted by Gasteiger charge is 2.34. The SMILES string of the molecule is C=C/C=C\C1=C(C)C(C)(C)c2cc(-n3ccc4cc5c6ccccc6n(-c6nc(-c7ccc(-c8cccc9ccccc89)cc7)c7ccccc7n6)c5cc43)ccc21. The summed E-state index contributed by atoms with van der Waals surface area (Å²) in [6.07, 6.45) is 8.27. The van der Waals surface area contributed by atoms with Crippen LogP contribution in [0.1, 0.15) is 31.9 Å². The third-order valence-electron chi connectivity index (χ3n) is 12.5. The van der Waals surface area contributed by atoms with Crippen LogP contribution in [0.3, 0.4) is 0 Å². The number of aromatic nitrogens is 4. The molecule has 0 fully saturated rings. The van der Waals surface area contributed by atoms with Crippen molar-refractivity contribution in [2.24, 2.45) is 0 Å². The van der Waals surface area contributed by atoms with Gasteiger partial charge in [-0.15, -0.1) is 0 Å². The molecular formula is C54H40N4. The molecule has 0 radical (unpaired) electrons. The van der Waals surface area contributed by atoms with E-state index in [1.807, 2.05) is 12.2 Å². The maximum absolute atomic E-state index is 5.43. The lowest BCUT2D eigenvalue weighted by Gasteiger charge is -2.23. The molecule has 11 rings (SSSR count). The maximum atomic E-state index is 5.43. The van der Waals surface area contributed by atoms with Gasteiger partial charge in [0.05, 0.1) is 27.8 Å². The molecule has 0 atom stereocenters. The molecule has 0 saturated heterocycles. The fourth-order valence-electron chi connectivity index (χ4n) is 9.26. The second kappa shape index (κ2) is 12.9. The van der Waals surface area contributed by atoms with Gasteiger partial charge in [-0.05, 0) is 88.0 Å². The molecule has 0 aliphatic heterocycles. The summed E-state index contributed by atoms with van der Waals surface area (Å²) in [6.45, 7) is 10.8. The van der Waals surface area contributed by atoms with Crippen molar-refractivity contribution in [3.8, 4) is 34.0 Å². The van der Waals surface area contributed by atoms with Crippen molar-refractivity contribution in [2.75, 3.05) is 0 Å². The topological polar surface area (TPSA) is 35.6 Å². The third kappa shape index (κ3) is 5.08. The lowest BCUT2D eigenvalue weighted by Crippen LogP contribution is -2.15. The van der Waals surface area contributed by atoms with Gasteiger partial charge in [-0.2, -0.15) is 0 Å². The fourth-order valence-corrected chi connectivity index (χ4v) is 9.26. The van der Waals surface area contributed by atoms with Gasteiger partial charge in [0.2, 0.25) is 5.95 Å². The van der Waals surface area contributed by atoms with Gasteiger partial charge in [-0.25, -0.2) is 9.97 Å². The average Bonchev–Trinajstić information content (AvgIpc) is 3.88. The Kier molecular flexibility index (Phi) is 7.54. The van der Waals surface area contributed by atoms with Crippen molar-refractivity contribution in [1.29, 1.82) is 0 Å². The fraction of sp³-hybridized carbons (Fsp3) is 0.0741. The first-order valence-electron chi connectivity index (χ1n) is 19.9. The zero-order valence-electron chi connectivity index (χ0n) is 32.7. The Morgan fingerprint density at radius 2 is 1.33 bits per heavy atom. The van der Waals surface area contributed by atoms with Crippen LogP contribution in [0.2, 0.25) is 0 Å². The lowest BCUT2D eigenvalue weighted by molar-refractivity contribution is 0.638. The number of allylic oxidation sites excluding steroid dienone is 5. The van der Waals surface area contributed by atoms with E-state index in [2.05, 4.69) is 200 Å². The first kappa shape index (κ1) is 34.0. The predicted molar refractivity (Wildman–Crippen MR) is 244 cm³/mol. The van der Waals surface area contributed by atoms with E-state index in [-0.39, 0.29) is 5.41 Å². The molecule has 10 aromatic rings. The molecule has 1 aliphatic carbocycles. The minimum Gasteiger partial charge on any atom is -0.316 e. The zero-order valence-corrected chi connectivity index (χ0v) is 32.7. The van der Waals surface area contributed by atoms with Crippen LogP contribution in [-0.2, 0) is 5.41 Å². The summed E-state index contributed by atoms with van der Waals surface area (Å²) < 4.78 is 4.57. The minimum atomic E-state index is -0.0871. The lowest BCUT2D eigenvalue weighted by atomic mass is 9.82. The van der Waals surface area contributed by atoms with Crippen LogP contribution in [-0.4, -0.2) is 19.1 Å². The molecule has 0 spiro atoms. The largest absolute Gasteiger partial charge is 0.316 e. The number of hydrogen-bond donors (Lipinski definition) is 0. The van der Waals surface area contributed by atoms with Gasteiger partial charge in [0, 0.05) is 44.4 Å². The molecule has 0 bridgehead atoms. The van der Waals surface area contributed by atoms with Gasteiger partial charge in [-0.1, -0.05) is 153 Å². The first-order valence-corrected chi connectivity index (χ1v) is 19.9. The van der Waals surface area contributed by atoms with E-state index in [4.69, 9.17) is 9.97 Å².